The van der Waals surface area contributed by atoms with Crippen molar-refractivity contribution >= 4 is 27.5 Å². The fraction of sp³-hybridized carbons (Fsp3) is 0.500. The van der Waals surface area contributed by atoms with Gasteiger partial charge in [-0.3, -0.25) is 0 Å². The van der Waals surface area contributed by atoms with E-state index in [-0.39, 0.29) is 11.7 Å². The first-order valence-corrected chi connectivity index (χ1v) is 8.90. The molecule has 0 radical (unpaired) electrons. The Bertz CT molecular complexity index is 584. The van der Waals surface area contributed by atoms with Crippen molar-refractivity contribution in [3.63, 3.8) is 0 Å². The van der Waals surface area contributed by atoms with Gasteiger partial charge in [0, 0.05) is 17.0 Å². The fourth-order valence-electron chi connectivity index (χ4n) is 2.38. The Balaban J connectivity index is 2.24. The Morgan fingerprint density at radius 3 is 2.40 bits per heavy atom. The summed E-state index contributed by atoms with van der Waals surface area (Å²) in [6, 6.07) is 1.32. The summed E-state index contributed by atoms with van der Waals surface area (Å²) < 4.78 is 53.9. The normalized spacial score (nSPS) is 23.1. The van der Waals surface area contributed by atoms with Crippen LogP contribution >= 0.6 is 11.8 Å². The third kappa shape index (κ3) is 3.24. The largest absolute Gasteiger partial charge is 0.399 e. The van der Waals surface area contributed by atoms with Gasteiger partial charge in [-0.25, -0.2) is 21.9 Å². The molecule has 0 spiro atoms. The van der Waals surface area contributed by atoms with E-state index in [0.29, 0.717) is 18.1 Å². The summed E-state index contributed by atoms with van der Waals surface area (Å²) in [5.74, 6) is -2.34. The van der Waals surface area contributed by atoms with Crippen LogP contribution in [0.4, 0.5) is 14.5 Å². The number of halogens is 2. The van der Waals surface area contributed by atoms with Crippen LogP contribution in [-0.4, -0.2) is 26.0 Å². The molecule has 1 aliphatic carbocycles. The molecule has 0 aliphatic heterocycles. The van der Waals surface area contributed by atoms with Crippen molar-refractivity contribution in [2.75, 3.05) is 12.0 Å². The van der Waals surface area contributed by atoms with Gasteiger partial charge in [0.15, 0.2) is 4.90 Å². The van der Waals surface area contributed by atoms with Crippen LogP contribution < -0.4 is 10.5 Å². The van der Waals surface area contributed by atoms with Crippen LogP contribution in [0.15, 0.2) is 17.0 Å². The van der Waals surface area contributed by atoms with Gasteiger partial charge < -0.3 is 5.73 Å². The van der Waals surface area contributed by atoms with Gasteiger partial charge >= 0.3 is 0 Å². The molecule has 2 atom stereocenters. The van der Waals surface area contributed by atoms with Crippen molar-refractivity contribution < 1.29 is 17.2 Å². The summed E-state index contributed by atoms with van der Waals surface area (Å²) >= 11 is 1.67. The van der Waals surface area contributed by atoms with E-state index < -0.39 is 26.6 Å². The zero-order valence-corrected chi connectivity index (χ0v) is 12.5. The smallest absolute Gasteiger partial charge is 0.246 e. The maximum Gasteiger partial charge on any atom is 0.246 e. The monoisotopic (exact) mass is 322 g/mol. The predicted molar refractivity (Wildman–Crippen MR) is 76.0 cm³/mol. The minimum atomic E-state index is -4.22. The number of nitrogens with one attached hydrogen (secondary N) is 1. The molecule has 1 aliphatic rings. The summed E-state index contributed by atoms with van der Waals surface area (Å²) in [4.78, 5) is -0.959. The van der Waals surface area contributed by atoms with E-state index in [1.807, 2.05) is 6.26 Å². The third-order valence-electron chi connectivity index (χ3n) is 3.33. The number of rotatable bonds is 4. The topological polar surface area (TPSA) is 72.2 Å². The molecule has 0 saturated heterocycles. The van der Waals surface area contributed by atoms with E-state index in [0.717, 1.165) is 18.6 Å². The standard InChI is InChI=1S/C12H16F2N2O2S2/c1-19-9-3-2-8(6-9)16-20(17,18)12-10(13)4-7(15)5-11(12)14/h4-5,8-9,16H,2-3,6,15H2,1H3. The quantitative estimate of drug-likeness (QED) is 0.833. The molecule has 1 saturated carbocycles. The van der Waals surface area contributed by atoms with Gasteiger partial charge in [0.1, 0.15) is 11.6 Å². The average Bonchev–Trinajstić information content (AvgIpc) is 2.73. The van der Waals surface area contributed by atoms with Gasteiger partial charge in [-0.2, -0.15) is 11.8 Å². The summed E-state index contributed by atoms with van der Waals surface area (Å²) in [7, 11) is -4.22. The summed E-state index contributed by atoms with van der Waals surface area (Å²) in [6.07, 6.45) is 4.18. The van der Waals surface area contributed by atoms with E-state index in [2.05, 4.69) is 4.72 Å². The van der Waals surface area contributed by atoms with Gasteiger partial charge in [-0.15, -0.1) is 0 Å². The van der Waals surface area contributed by atoms with Crippen molar-refractivity contribution in [2.45, 2.75) is 35.4 Å². The highest BCUT2D eigenvalue weighted by Gasteiger charge is 2.31. The fourth-order valence-corrected chi connectivity index (χ4v) is 4.57. The Hall–Kier alpha value is -0.860. The Labute approximate surface area is 121 Å². The van der Waals surface area contributed by atoms with Crippen LogP contribution in [-0.2, 0) is 10.0 Å². The van der Waals surface area contributed by atoms with E-state index >= 15 is 0 Å². The molecule has 20 heavy (non-hydrogen) atoms. The van der Waals surface area contributed by atoms with E-state index in [1.165, 1.54) is 0 Å². The van der Waals surface area contributed by atoms with Crippen LogP contribution in [0.1, 0.15) is 19.3 Å². The van der Waals surface area contributed by atoms with Crippen molar-refractivity contribution in [1.29, 1.82) is 0 Å². The van der Waals surface area contributed by atoms with E-state index in [1.54, 1.807) is 11.8 Å². The molecule has 3 N–H and O–H groups in total. The number of hydrogen-bond acceptors (Lipinski definition) is 4. The zero-order chi connectivity index (χ0) is 14.9. The lowest BCUT2D eigenvalue weighted by Gasteiger charge is -2.14. The first kappa shape index (κ1) is 15.5. The predicted octanol–water partition coefficient (Wildman–Crippen LogP) is 2.11. The molecule has 2 rings (SSSR count). The Morgan fingerprint density at radius 1 is 1.30 bits per heavy atom. The second-order valence-corrected chi connectivity index (χ2v) is 7.59. The summed E-state index contributed by atoms with van der Waals surface area (Å²) in [6.45, 7) is 0. The van der Waals surface area contributed by atoms with Crippen LogP contribution in [0.2, 0.25) is 0 Å². The molecule has 1 fully saturated rings. The first-order chi connectivity index (χ1) is 9.33. The molecule has 4 nitrogen and oxygen atoms in total. The number of hydrogen-bond donors (Lipinski definition) is 2. The van der Waals surface area contributed by atoms with Crippen LogP contribution in [0, 0.1) is 11.6 Å². The van der Waals surface area contributed by atoms with Crippen molar-refractivity contribution in [3.05, 3.63) is 23.8 Å². The summed E-state index contributed by atoms with van der Waals surface area (Å²) in [5.41, 5.74) is 5.12. The number of anilines is 1. The highest BCUT2D eigenvalue weighted by Crippen LogP contribution is 2.30. The minimum absolute atomic E-state index is 0.151. The maximum absolute atomic E-state index is 13.7. The second-order valence-electron chi connectivity index (χ2n) is 4.80. The molecule has 8 heteroatoms. The number of nitrogen functional groups attached to an aromatic ring is 1. The van der Waals surface area contributed by atoms with Gasteiger partial charge in [-0.1, -0.05) is 0 Å². The number of thioether (sulfide) groups is 1. The van der Waals surface area contributed by atoms with Crippen molar-refractivity contribution in [2.24, 2.45) is 0 Å². The van der Waals surface area contributed by atoms with Gasteiger partial charge in [0.05, 0.1) is 0 Å². The zero-order valence-electron chi connectivity index (χ0n) is 10.9. The number of benzene rings is 1. The molecule has 1 aromatic rings. The minimum Gasteiger partial charge on any atom is -0.399 e. The lowest BCUT2D eigenvalue weighted by Crippen LogP contribution is -2.34. The highest BCUT2D eigenvalue weighted by molar-refractivity contribution is 7.99. The lowest BCUT2D eigenvalue weighted by atomic mass is 10.3. The van der Waals surface area contributed by atoms with Gasteiger partial charge in [-0.05, 0) is 37.7 Å². The molecular weight excluding hydrogens is 306 g/mol. The Kier molecular flexibility index (Phi) is 4.55. The van der Waals surface area contributed by atoms with Crippen LogP contribution in [0.5, 0.6) is 0 Å². The number of sulfonamides is 1. The molecule has 0 amide bonds. The van der Waals surface area contributed by atoms with Gasteiger partial charge in [0.25, 0.3) is 0 Å². The van der Waals surface area contributed by atoms with E-state index in [4.69, 9.17) is 5.73 Å². The molecule has 0 heterocycles. The highest BCUT2D eigenvalue weighted by atomic mass is 32.2. The lowest BCUT2D eigenvalue weighted by molar-refractivity contribution is 0.505. The third-order valence-corrected chi connectivity index (χ3v) is 5.99. The SMILES string of the molecule is CSC1CCC(NS(=O)(=O)c2c(F)cc(N)cc2F)C1. The number of nitrogens with two attached hydrogens (primary N) is 1. The first-order valence-electron chi connectivity index (χ1n) is 6.13. The van der Waals surface area contributed by atoms with Crippen LogP contribution in [0.3, 0.4) is 0 Å². The average molecular weight is 322 g/mol. The Morgan fingerprint density at radius 2 is 1.90 bits per heavy atom. The molecule has 112 valence electrons. The van der Waals surface area contributed by atoms with Crippen molar-refractivity contribution in [1.82, 2.24) is 4.72 Å². The molecule has 0 aromatic heterocycles. The van der Waals surface area contributed by atoms with Crippen molar-refractivity contribution in [3.8, 4) is 0 Å². The van der Waals surface area contributed by atoms with Crippen LogP contribution in [0.25, 0.3) is 0 Å². The van der Waals surface area contributed by atoms with E-state index in [9.17, 15) is 17.2 Å². The molecule has 1 aromatic carbocycles. The molecular formula is C12H16F2N2O2S2. The summed E-state index contributed by atoms with van der Waals surface area (Å²) in [5, 5.41) is 0.379. The second kappa shape index (κ2) is 5.87. The maximum atomic E-state index is 13.7. The molecule has 2 unspecified atom stereocenters. The molecule has 0 bridgehead atoms. The van der Waals surface area contributed by atoms with Gasteiger partial charge in [0.2, 0.25) is 10.0 Å².